The quantitative estimate of drug-likeness (QED) is 0.115. The van der Waals surface area contributed by atoms with Crippen LogP contribution in [0.25, 0.3) is 44.4 Å². The molecule has 0 bridgehead atoms. The number of hydrogen-bond donors (Lipinski definition) is 0. The van der Waals surface area contributed by atoms with Crippen molar-refractivity contribution in [1.82, 2.24) is 19.3 Å². The Labute approximate surface area is 329 Å². The standard InChI is InChI=1S/C47H50N4O.Pt/c1-9-14-31(5)45-33(7)24-34(8)46(32(6)15-10-2)47(45)36-28-49-50(29-36)37-16-13-17-38(26-37)52-39-20-21-41-40-18-11-12-19-42(40)51(43(41)27-39)44-25-35(30(3)4)22-23-48-44;/h11-13,16-25,28-32H,9-10,14-15H2,1-8H3;/q-2;+2. The first-order valence-corrected chi connectivity index (χ1v) is 19.0. The summed E-state index contributed by atoms with van der Waals surface area (Å²) in [6.07, 6.45) is 10.7. The number of benzene rings is 4. The molecule has 0 radical (unpaired) electrons. The molecule has 4 aromatic carbocycles. The number of aryl methyl sites for hydroxylation is 2. The van der Waals surface area contributed by atoms with Crippen LogP contribution in [-0.4, -0.2) is 19.3 Å². The fourth-order valence-electron chi connectivity index (χ4n) is 8.17. The first-order valence-electron chi connectivity index (χ1n) is 19.0. The van der Waals surface area contributed by atoms with E-state index < -0.39 is 0 Å². The van der Waals surface area contributed by atoms with Crippen LogP contribution in [-0.2, 0) is 21.1 Å². The molecule has 0 spiro atoms. The van der Waals surface area contributed by atoms with Gasteiger partial charge in [0, 0.05) is 35.0 Å². The van der Waals surface area contributed by atoms with Gasteiger partial charge in [-0.3, -0.25) is 4.68 Å². The zero-order chi connectivity index (χ0) is 36.5. The summed E-state index contributed by atoms with van der Waals surface area (Å²) < 4.78 is 10.6. The number of para-hydroxylation sites is 1. The average Bonchev–Trinajstić information content (AvgIpc) is 3.75. The van der Waals surface area contributed by atoms with Gasteiger partial charge in [-0.2, -0.15) is 17.2 Å². The van der Waals surface area contributed by atoms with Crippen LogP contribution in [0.5, 0.6) is 11.5 Å². The molecule has 0 aliphatic rings. The maximum absolute atomic E-state index is 6.49. The van der Waals surface area contributed by atoms with E-state index in [1.807, 2.05) is 41.3 Å². The van der Waals surface area contributed by atoms with E-state index in [1.165, 1.54) is 33.4 Å². The SMILES string of the molecule is CCCC(C)c1c(C)cc(C)c(C(C)CCC)c1-c1cnn(-c2[c-]c(Oc3[c-]c4c(cc3)c3ccccc3n4-c3cc(C(C)C)ccn3)ccc2)c1.[Pt+2]. The van der Waals surface area contributed by atoms with Gasteiger partial charge < -0.3 is 9.30 Å². The van der Waals surface area contributed by atoms with Gasteiger partial charge in [-0.25, -0.2) is 4.98 Å². The molecule has 2 unspecified atom stereocenters. The van der Waals surface area contributed by atoms with Crippen LogP contribution in [0.3, 0.4) is 0 Å². The van der Waals surface area contributed by atoms with Crippen molar-refractivity contribution in [2.24, 2.45) is 0 Å². The molecule has 53 heavy (non-hydrogen) atoms. The van der Waals surface area contributed by atoms with Crippen LogP contribution in [0.2, 0.25) is 0 Å². The fourth-order valence-corrected chi connectivity index (χ4v) is 8.17. The van der Waals surface area contributed by atoms with E-state index in [-0.39, 0.29) is 21.1 Å². The molecule has 3 aromatic heterocycles. The minimum absolute atomic E-state index is 0. The van der Waals surface area contributed by atoms with Crippen LogP contribution < -0.4 is 4.74 Å². The molecule has 0 fully saturated rings. The van der Waals surface area contributed by atoms with E-state index in [0.717, 1.165) is 64.6 Å². The van der Waals surface area contributed by atoms with Crippen molar-refractivity contribution in [1.29, 1.82) is 0 Å². The Morgan fingerprint density at radius 3 is 2.15 bits per heavy atom. The van der Waals surface area contributed by atoms with E-state index in [1.54, 1.807) is 0 Å². The van der Waals surface area contributed by atoms with Gasteiger partial charge in [-0.1, -0.05) is 84.2 Å². The summed E-state index contributed by atoms with van der Waals surface area (Å²) in [7, 11) is 0. The second-order valence-electron chi connectivity index (χ2n) is 14.8. The minimum atomic E-state index is 0. The molecule has 7 rings (SSSR count). The molecule has 0 N–H and O–H groups in total. The van der Waals surface area contributed by atoms with E-state index in [4.69, 9.17) is 14.8 Å². The molecule has 0 aliphatic heterocycles. The molecule has 0 amide bonds. The van der Waals surface area contributed by atoms with Gasteiger partial charge >= 0.3 is 21.1 Å². The minimum Gasteiger partial charge on any atom is -0.509 e. The Kier molecular flexibility index (Phi) is 11.7. The zero-order valence-electron chi connectivity index (χ0n) is 32.2. The fraction of sp³-hybridized carbons (Fsp3) is 0.319. The normalized spacial score (nSPS) is 12.7. The first kappa shape index (κ1) is 38.3. The first-order chi connectivity index (χ1) is 25.2. The number of rotatable bonds is 12. The smallest absolute Gasteiger partial charge is 0.509 e. The maximum atomic E-state index is 6.49. The van der Waals surface area contributed by atoms with Gasteiger partial charge in [-0.05, 0) is 107 Å². The largest absolute Gasteiger partial charge is 2.00 e. The van der Waals surface area contributed by atoms with Crippen molar-refractivity contribution in [2.75, 3.05) is 0 Å². The van der Waals surface area contributed by atoms with Crippen LogP contribution in [0, 0.1) is 26.0 Å². The molecule has 7 aromatic rings. The van der Waals surface area contributed by atoms with Gasteiger partial charge in [0.25, 0.3) is 0 Å². The second kappa shape index (κ2) is 16.3. The average molecular weight is 882 g/mol. The molecular formula is C47H50N4OPt. The van der Waals surface area contributed by atoms with E-state index >= 15 is 0 Å². The summed E-state index contributed by atoms with van der Waals surface area (Å²) in [5.41, 5.74) is 12.3. The molecule has 6 heteroatoms. The van der Waals surface area contributed by atoms with Gasteiger partial charge in [0.2, 0.25) is 0 Å². The van der Waals surface area contributed by atoms with E-state index in [2.05, 4.69) is 127 Å². The summed E-state index contributed by atoms with van der Waals surface area (Å²) in [5, 5.41) is 7.17. The predicted molar refractivity (Wildman–Crippen MR) is 216 cm³/mol. The Morgan fingerprint density at radius 1 is 0.755 bits per heavy atom. The second-order valence-corrected chi connectivity index (χ2v) is 14.8. The number of nitrogens with zero attached hydrogens (tertiary/aromatic N) is 4. The summed E-state index contributed by atoms with van der Waals surface area (Å²) in [4.78, 5) is 4.79. The van der Waals surface area contributed by atoms with E-state index in [9.17, 15) is 0 Å². The van der Waals surface area contributed by atoms with Crippen molar-refractivity contribution in [3.63, 3.8) is 0 Å². The number of ether oxygens (including phenoxy) is 1. The molecule has 0 saturated heterocycles. The Balaban J connectivity index is 0.00000481. The Morgan fingerprint density at radius 2 is 1.45 bits per heavy atom. The monoisotopic (exact) mass is 881 g/mol. The third-order valence-corrected chi connectivity index (χ3v) is 10.6. The molecular weight excluding hydrogens is 832 g/mol. The van der Waals surface area contributed by atoms with Gasteiger partial charge in [-0.15, -0.1) is 35.7 Å². The Bertz CT molecular complexity index is 2330. The zero-order valence-corrected chi connectivity index (χ0v) is 34.5. The predicted octanol–water partition coefficient (Wildman–Crippen LogP) is 13.0. The third kappa shape index (κ3) is 7.51. The summed E-state index contributed by atoms with van der Waals surface area (Å²) in [6.45, 7) is 18.3. The Hall–Kier alpha value is -4.47. The summed E-state index contributed by atoms with van der Waals surface area (Å²) in [5.74, 6) is 3.41. The maximum Gasteiger partial charge on any atom is 2.00 e. The molecule has 0 saturated carbocycles. The molecule has 274 valence electrons. The number of aromatic nitrogens is 4. The number of fused-ring (bicyclic) bond motifs is 3. The van der Waals surface area contributed by atoms with Crippen LogP contribution in [0.1, 0.15) is 113 Å². The van der Waals surface area contributed by atoms with Crippen molar-refractivity contribution in [2.45, 2.75) is 98.8 Å². The van der Waals surface area contributed by atoms with Crippen LogP contribution >= 0.6 is 0 Å². The molecule has 0 aliphatic carbocycles. The van der Waals surface area contributed by atoms with Crippen LogP contribution in [0.15, 0.2) is 91.4 Å². The van der Waals surface area contributed by atoms with Gasteiger partial charge in [0.1, 0.15) is 5.82 Å². The molecule has 5 nitrogen and oxygen atoms in total. The molecule has 2 atom stereocenters. The summed E-state index contributed by atoms with van der Waals surface area (Å²) >= 11 is 0. The van der Waals surface area contributed by atoms with E-state index in [0.29, 0.717) is 29.3 Å². The summed E-state index contributed by atoms with van der Waals surface area (Å²) in [6, 6.07) is 32.3. The number of pyridine rings is 1. The van der Waals surface area contributed by atoms with Crippen molar-refractivity contribution in [3.8, 4) is 34.1 Å². The molecule has 3 heterocycles. The van der Waals surface area contributed by atoms with Crippen molar-refractivity contribution < 1.29 is 25.8 Å². The van der Waals surface area contributed by atoms with Crippen LogP contribution in [0.4, 0.5) is 0 Å². The van der Waals surface area contributed by atoms with Gasteiger partial charge in [0.05, 0.1) is 6.20 Å². The van der Waals surface area contributed by atoms with Gasteiger partial charge in [0.15, 0.2) is 0 Å². The number of hydrogen-bond acceptors (Lipinski definition) is 3. The third-order valence-electron chi connectivity index (χ3n) is 10.6. The van der Waals surface area contributed by atoms with Crippen molar-refractivity contribution >= 4 is 21.8 Å². The van der Waals surface area contributed by atoms with Crippen molar-refractivity contribution in [3.05, 3.63) is 131 Å². The topological polar surface area (TPSA) is 44.9 Å².